The number of halogens is 5. The first-order chi connectivity index (χ1) is 13.0. The van der Waals surface area contributed by atoms with Gasteiger partial charge >= 0.3 is 6.18 Å². The lowest BCUT2D eigenvalue weighted by Gasteiger charge is -2.29. The molecular formula is C20H20Cl2F3NO2. The molecule has 2 aliphatic carbocycles. The van der Waals surface area contributed by atoms with E-state index in [9.17, 15) is 23.1 Å². The van der Waals surface area contributed by atoms with Crippen LogP contribution in [0.25, 0.3) is 6.08 Å². The third kappa shape index (κ3) is 3.36. The Bertz CT molecular complexity index is 925. The largest absolute Gasteiger partial charge is 0.413 e. The number of allylic oxidation sites excluding steroid dienone is 4. The van der Waals surface area contributed by atoms with Crippen molar-refractivity contribution < 1.29 is 23.1 Å². The van der Waals surface area contributed by atoms with Crippen LogP contribution in [0.2, 0.25) is 0 Å². The van der Waals surface area contributed by atoms with E-state index in [1.54, 1.807) is 26.1 Å². The van der Waals surface area contributed by atoms with Crippen LogP contribution in [-0.4, -0.2) is 28.2 Å². The van der Waals surface area contributed by atoms with Crippen LogP contribution in [0.15, 0.2) is 33.4 Å². The minimum Gasteiger partial charge on any atom is -0.396 e. The Balaban J connectivity index is 2.13. The van der Waals surface area contributed by atoms with E-state index >= 15 is 0 Å². The average Bonchev–Trinajstić information content (AvgIpc) is 2.94. The zero-order valence-corrected chi connectivity index (χ0v) is 17.1. The smallest absolute Gasteiger partial charge is 0.396 e. The number of aliphatic hydroxyl groups is 1. The predicted octanol–water partition coefficient (Wildman–Crippen LogP) is 5.53. The number of fused-ring (bicyclic) bond motifs is 1. The monoisotopic (exact) mass is 433 g/mol. The van der Waals surface area contributed by atoms with Gasteiger partial charge in [0.25, 0.3) is 0 Å². The van der Waals surface area contributed by atoms with Crippen molar-refractivity contribution in [2.45, 2.75) is 32.4 Å². The van der Waals surface area contributed by atoms with Crippen LogP contribution in [0, 0.1) is 11.8 Å². The second-order valence-electron chi connectivity index (χ2n) is 7.32. The van der Waals surface area contributed by atoms with Crippen LogP contribution in [0.5, 0.6) is 0 Å². The van der Waals surface area contributed by atoms with E-state index in [1.165, 1.54) is 11.5 Å². The molecule has 0 amide bonds. The van der Waals surface area contributed by atoms with E-state index in [4.69, 9.17) is 23.2 Å². The molecule has 3 atom stereocenters. The lowest BCUT2D eigenvalue weighted by Crippen LogP contribution is -2.25. The molecule has 3 nitrogen and oxygen atoms in total. The Kier molecular flexibility index (Phi) is 5.60. The quantitative estimate of drug-likeness (QED) is 0.636. The van der Waals surface area contributed by atoms with Crippen molar-refractivity contribution in [3.05, 3.63) is 50.3 Å². The molecule has 0 fully saturated rings. The molecule has 1 aromatic heterocycles. The number of carbonyl (C=O) groups is 1. The van der Waals surface area contributed by atoms with Gasteiger partial charge in [-0.25, -0.2) is 0 Å². The van der Waals surface area contributed by atoms with E-state index in [-0.39, 0.29) is 27.9 Å². The van der Waals surface area contributed by atoms with Gasteiger partial charge in [-0.2, -0.15) is 13.2 Å². The van der Waals surface area contributed by atoms with E-state index in [0.717, 1.165) is 6.08 Å². The van der Waals surface area contributed by atoms with E-state index in [0.29, 0.717) is 17.7 Å². The fraction of sp³-hybridized carbons (Fsp3) is 0.450. The number of carbonyl (C=O) groups excluding carboxylic acids is 1. The maximum atomic E-state index is 13.4. The van der Waals surface area contributed by atoms with Crippen LogP contribution in [-0.2, 0) is 7.05 Å². The number of aliphatic hydroxyl groups excluding tert-OH is 1. The summed E-state index contributed by atoms with van der Waals surface area (Å²) in [5.41, 5.74) is 0.723. The normalized spacial score (nSPS) is 25.4. The summed E-state index contributed by atoms with van der Waals surface area (Å²) in [7, 11) is 1.55. The molecule has 8 heteroatoms. The topological polar surface area (TPSA) is 42.2 Å². The maximum absolute atomic E-state index is 13.4. The minimum absolute atomic E-state index is 0.0901. The number of hydrogen-bond donors (Lipinski definition) is 1. The van der Waals surface area contributed by atoms with Crippen molar-refractivity contribution >= 4 is 35.1 Å². The summed E-state index contributed by atoms with van der Waals surface area (Å²) in [6.07, 6.45) is -1.28. The number of aromatic nitrogens is 1. The molecule has 28 heavy (non-hydrogen) atoms. The molecule has 1 aromatic rings. The van der Waals surface area contributed by atoms with Crippen molar-refractivity contribution in [3.8, 4) is 0 Å². The fourth-order valence-corrected chi connectivity index (χ4v) is 4.50. The van der Waals surface area contributed by atoms with E-state index < -0.39 is 35.3 Å². The minimum atomic E-state index is -4.44. The van der Waals surface area contributed by atoms with Gasteiger partial charge in [-0.15, -0.1) is 0 Å². The van der Waals surface area contributed by atoms with E-state index in [1.807, 2.05) is 0 Å². The summed E-state index contributed by atoms with van der Waals surface area (Å²) < 4.78 is 41.7. The number of alkyl halides is 3. The summed E-state index contributed by atoms with van der Waals surface area (Å²) in [4.78, 5) is 13.2. The van der Waals surface area contributed by atoms with Crippen LogP contribution in [0.4, 0.5) is 13.2 Å². The Morgan fingerprint density at radius 3 is 2.50 bits per heavy atom. The van der Waals surface area contributed by atoms with Gasteiger partial charge in [-0.05, 0) is 36.0 Å². The first-order valence-electron chi connectivity index (χ1n) is 8.88. The third-order valence-corrected chi connectivity index (χ3v) is 6.60. The van der Waals surface area contributed by atoms with Gasteiger partial charge < -0.3 is 9.67 Å². The van der Waals surface area contributed by atoms with Gasteiger partial charge in [0, 0.05) is 34.3 Å². The van der Waals surface area contributed by atoms with Crippen LogP contribution >= 0.6 is 23.2 Å². The number of ketones is 1. The lowest BCUT2D eigenvalue weighted by molar-refractivity contribution is -0.0984. The van der Waals surface area contributed by atoms with Gasteiger partial charge in [0.2, 0.25) is 5.78 Å². The number of Topliss-reactive ketones (excluding diaryl/α,β-unsaturated/α-hetero) is 1. The standard InChI is InChI=1S/C20H20Cl2F3NO2/c1-9-10(2)13(20(23,24)25)7-15-12(9)6-16(26(15)3)19(28)17-14(21)5-4-11(8-27)18(17)22/h5-7,9-11,27H,4,8H2,1-3H3. The van der Waals surface area contributed by atoms with Gasteiger partial charge in [0.05, 0.1) is 17.9 Å². The molecule has 0 bridgehead atoms. The molecule has 0 saturated carbocycles. The van der Waals surface area contributed by atoms with Gasteiger partial charge in [-0.3, -0.25) is 4.79 Å². The number of hydrogen-bond acceptors (Lipinski definition) is 2. The molecule has 0 saturated heterocycles. The van der Waals surface area contributed by atoms with Crippen molar-refractivity contribution in [3.63, 3.8) is 0 Å². The van der Waals surface area contributed by atoms with E-state index in [2.05, 4.69) is 0 Å². The van der Waals surface area contributed by atoms with Crippen LogP contribution in [0.3, 0.4) is 0 Å². The molecule has 0 radical (unpaired) electrons. The summed E-state index contributed by atoms with van der Waals surface area (Å²) in [5, 5.41) is 9.81. The van der Waals surface area contributed by atoms with Crippen molar-refractivity contribution in [1.82, 2.24) is 4.57 Å². The number of rotatable bonds is 3. The Morgan fingerprint density at radius 2 is 1.93 bits per heavy atom. The second-order valence-corrected chi connectivity index (χ2v) is 8.14. The zero-order valence-electron chi connectivity index (χ0n) is 15.6. The summed E-state index contributed by atoms with van der Waals surface area (Å²) in [6, 6.07) is 1.62. The fourth-order valence-electron chi connectivity index (χ4n) is 3.83. The average molecular weight is 434 g/mol. The molecule has 0 spiro atoms. The Hall–Kier alpha value is -1.50. The van der Waals surface area contributed by atoms with Crippen molar-refractivity contribution in [1.29, 1.82) is 0 Å². The molecule has 0 aromatic carbocycles. The van der Waals surface area contributed by atoms with Gasteiger partial charge in [0.1, 0.15) is 0 Å². The zero-order chi connectivity index (χ0) is 21.0. The molecule has 1 N–H and O–H groups in total. The molecule has 3 rings (SSSR count). The summed E-state index contributed by atoms with van der Waals surface area (Å²) in [6.45, 7) is 3.03. The summed E-state index contributed by atoms with van der Waals surface area (Å²) >= 11 is 12.5. The van der Waals surface area contributed by atoms with Gasteiger partial charge in [0.15, 0.2) is 0 Å². The number of nitrogens with zero attached hydrogens (tertiary/aromatic N) is 1. The lowest BCUT2D eigenvalue weighted by atomic mass is 9.79. The summed E-state index contributed by atoms with van der Waals surface area (Å²) in [5.74, 6) is -2.02. The molecular weight excluding hydrogens is 414 g/mol. The molecule has 3 unspecified atom stereocenters. The highest BCUT2D eigenvalue weighted by Gasteiger charge is 2.43. The molecule has 1 heterocycles. The van der Waals surface area contributed by atoms with Crippen molar-refractivity contribution in [2.75, 3.05) is 6.61 Å². The van der Waals surface area contributed by atoms with Gasteiger partial charge in [-0.1, -0.05) is 43.1 Å². The Labute approximate surface area is 171 Å². The van der Waals surface area contributed by atoms with Crippen LogP contribution in [0.1, 0.15) is 47.9 Å². The van der Waals surface area contributed by atoms with Crippen molar-refractivity contribution in [2.24, 2.45) is 18.9 Å². The third-order valence-electron chi connectivity index (χ3n) is 5.76. The predicted molar refractivity (Wildman–Crippen MR) is 103 cm³/mol. The van der Waals surface area contributed by atoms with Crippen LogP contribution < -0.4 is 0 Å². The molecule has 0 aliphatic heterocycles. The maximum Gasteiger partial charge on any atom is 0.413 e. The molecule has 152 valence electrons. The molecule has 2 aliphatic rings. The highest BCUT2D eigenvalue weighted by Crippen LogP contribution is 2.46. The second kappa shape index (κ2) is 7.39. The highest BCUT2D eigenvalue weighted by molar-refractivity contribution is 6.41. The first kappa shape index (κ1) is 21.2. The first-order valence-corrected chi connectivity index (χ1v) is 9.64. The highest BCUT2D eigenvalue weighted by atomic mass is 35.5. The Morgan fingerprint density at radius 1 is 1.29 bits per heavy atom. The SMILES string of the molecule is CC1C(C(F)(F)F)=Cc2c(cc(C(=O)C3=C(Cl)C(CO)CC=C3Cl)n2C)C1C.